The number of aromatic nitrogens is 4. The third kappa shape index (κ3) is 4.64. The molecule has 162 valence electrons. The Balaban J connectivity index is 1.86. The number of nitrogens with one attached hydrogen (secondary N) is 2. The lowest BCUT2D eigenvalue weighted by molar-refractivity contribution is 0.254. The van der Waals surface area contributed by atoms with Gasteiger partial charge in [-0.15, -0.1) is 0 Å². The molecule has 0 saturated carbocycles. The first-order valence-electron chi connectivity index (χ1n) is 9.27. The summed E-state index contributed by atoms with van der Waals surface area (Å²) in [5.74, 6) is 0.936. The second-order valence-electron chi connectivity index (χ2n) is 6.38. The quantitative estimate of drug-likeness (QED) is 0.391. The van der Waals surface area contributed by atoms with E-state index in [1.54, 1.807) is 30.6 Å². The molecule has 0 radical (unpaired) electrons. The van der Waals surface area contributed by atoms with E-state index in [1.807, 2.05) is 18.2 Å². The minimum Gasteiger partial charge on any atom is -0.497 e. The fraction of sp³-hybridized carbons (Fsp3) is 0.0952. The van der Waals surface area contributed by atoms with Crippen LogP contribution in [0, 0.1) is 0 Å². The average Bonchev–Trinajstić information content (AvgIpc) is 3.27. The Morgan fingerprint density at radius 1 is 1.03 bits per heavy atom. The largest absolute Gasteiger partial charge is 0.497 e. The second-order valence-corrected chi connectivity index (χ2v) is 8.22. The maximum absolute atomic E-state index is 11.6. The Kier molecular flexibility index (Phi) is 6.50. The molecule has 3 aromatic heterocycles. The summed E-state index contributed by atoms with van der Waals surface area (Å²) >= 11 is 14.3. The van der Waals surface area contributed by atoms with Crippen LogP contribution >= 0.6 is 34.5 Å². The zero-order valence-corrected chi connectivity index (χ0v) is 19.2. The zero-order chi connectivity index (χ0) is 22.7. The van der Waals surface area contributed by atoms with Gasteiger partial charge < -0.3 is 10.1 Å². The lowest BCUT2D eigenvalue weighted by atomic mass is 10.1. The highest BCUT2D eigenvalue weighted by Gasteiger charge is 2.18. The molecule has 0 bridgehead atoms. The molecule has 2 N–H and O–H groups in total. The number of rotatable bonds is 5. The average molecular weight is 487 g/mol. The number of ether oxygens (including phenoxy) is 1. The lowest BCUT2D eigenvalue weighted by Crippen LogP contribution is -2.24. The monoisotopic (exact) mass is 486 g/mol. The number of methoxy groups -OCH3 is 1. The summed E-state index contributed by atoms with van der Waals surface area (Å²) in [4.78, 5) is 30.3. The van der Waals surface area contributed by atoms with E-state index in [2.05, 4.69) is 30.6 Å². The summed E-state index contributed by atoms with van der Waals surface area (Å²) < 4.78 is 5.24. The summed E-state index contributed by atoms with van der Waals surface area (Å²) in [6, 6.07) is 10.2. The van der Waals surface area contributed by atoms with Crippen molar-refractivity contribution in [2.45, 2.75) is 0 Å². The van der Waals surface area contributed by atoms with Crippen LogP contribution in [0.25, 0.3) is 33.3 Å². The van der Waals surface area contributed by atoms with Crippen molar-refractivity contribution >= 4 is 45.7 Å². The van der Waals surface area contributed by atoms with E-state index in [9.17, 15) is 4.79 Å². The Bertz CT molecular complexity index is 1260. The molecule has 0 atom stereocenters. The minimum atomic E-state index is -0.361. The van der Waals surface area contributed by atoms with E-state index >= 15 is 0 Å². The number of carbonyl (C=O) groups excluding carboxylic acids is 1. The SMILES string of the molecule is CNC(=O)Nc1ncc(-c2cc(-c3c(Cl)cc(OC)cc3Cl)nc(-c3ccccn3)n2)s1. The van der Waals surface area contributed by atoms with Crippen LogP contribution in [0.15, 0.2) is 48.8 Å². The van der Waals surface area contributed by atoms with E-state index in [0.717, 1.165) is 4.88 Å². The molecule has 0 fully saturated rings. The van der Waals surface area contributed by atoms with Gasteiger partial charge in [-0.25, -0.2) is 19.7 Å². The van der Waals surface area contributed by atoms with Crippen molar-refractivity contribution in [1.82, 2.24) is 25.3 Å². The van der Waals surface area contributed by atoms with Gasteiger partial charge in [-0.05, 0) is 30.3 Å². The van der Waals surface area contributed by atoms with Crippen molar-refractivity contribution in [2.75, 3.05) is 19.5 Å². The molecular formula is C21H16Cl2N6O2S. The number of carbonyl (C=O) groups is 1. The normalized spacial score (nSPS) is 10.6. The summed E-state index contributed by atoms with van der Waals surface area (Å²) in [6.45, 7) is 0. The predicted octanol–water partition coefficient (Wildman–Crippen LogP) is 5.40. The van der Waals surface area contributed by atoms with Gasteiger partial charge in [0.2, 0.25) is 0 Å². The first kappa shape index (κ1) is 21.9. The number of halogens is 2. The molecule has 0 spiro atoms. The number of amides is 2. The number of nitrogens with zero attached hydrogens (tertiary/aromatic N) is 4. The van der Waals surface area contributed by atoms with Gasteiger partial charge in [0.05, 0.1) is 33.4 Å². The third-order valence-corrected chi connectivity index (χ3v) is 5.86. The Morgan fingerprint density at radius 2 is 1.78 bits per heavy atom. The molecule has 4 rings (SSSR count). The number of thiazole rings is 1. The molecule has 0 saturated heterocycles. The van der Waals surface area contributed by atoms with Crippen LogP contribution in [-0.2, 0) is 0 Å². The van der Waals surface area contributed by atoms with Crippen molar-refractivity contribution in [2.24, 2.45) is 0 Å². The Labute approximate surface area is 197 Å². The highest BCUT2D eigenvalue weighted by atomic mass is 35.5. The predicted molar refractivity (Wildman–Crippen MR) is 126 cm³/mol. The Morgan fingerprint density at radius 3 is 2.44 bits per heavy atom. The van der Waals surface area contributed by atoms with Gasteiger partial charge in [0.15, 0.2) is 11.0 Å². The van der Waals surface area contributed by atoms with Gasteiger partial charge >= 0.3 is 6.03 Å². The maximum Gasteiger partial charge on any atom is 0.320 e. The lowest BCUT2D eigenvalue weighted by Gasteiger charge is -2.11. The van der Waals surface area contributed by atoms with Gasteiger partial charge in [0.1, 0.15) is 11.4 Å². The van der Waals surface area contributed by atoms with Crippen LogP contribution in [0.3, 0.4) is 0 Å². The van der Waals surface area contributed by atoms with Gasteiger partial charge in [-0.1, -0.05) is 40.6 Å². The van der Waals surface area contributed by atoms with Crippen LogP contribution in [0.5, 0.6) is 5.75 Å². The van der Waals surface area contributed by atoms with Gasteiger partial charge in [-0.3, -0.25) is 10.3 Å². The van der Waals surface area contributed by atoms with Crippen molar-refractivity contribution in [3.05, 3.63) is 58.8 Å². The fourth-order valence-corrected chi connectivity index (χ4v) is 4.27. The van der Waals surface area contributed by atoms with Crippen molar-refractivity contribution in [3.63, 3.8) is 0 Å². The second kappa shape index (κ2) is 9.47. The van der Waals surface area contributed by atoms with Crippen molar-refractivity contribution in [3.8, 4) is 39.1 Å². The molecule has 32 heavy (non-hydrogen) atoms. The third-order valence-electron chi connectivity index (χ3n) is 4.33. The molecule has 2 amide bonds. The molecule has 0 unspecified atom stereocenters. The van der Waals surface area contributed by atoms with Crippen molar-refractivity contribution < 1.29 is 9.53 Å². The molecule has 0 aliphatic rings. The highest BCUT2D eigenvalue weighted by molar-refractivity contribution is 7.19. The van der Waals surface area contributed by atoms with Crippen molar-refractivity contribution in [1.29, 1.82) is 0 Å². The van der Waals surface area contributed by atoms with Crippen LogP contribution in [0.2, 0.25) is 10.0 Å². The van der Waals surface area contributed by atoms with Gasteiger partial charge in [0.25, 0.3) is 0 Å². The minimum absolute atomic E-state index is 0.361. The number of pyridine rings is 1. The zero-order valence-electron chi connectivity index (χ0n) is 16.9. The summed E-state index contributed by atoms with van der Waals surface area (Å²) in [7, 11) is 3.07. The molecule has 8 nitrogen and oxygen atoms in total. The summed E-state index contributed by atoms with van der Waals surface area (Å²) in [6.07, 6.45) is 3.29. The molecule has 11 heteroatoms. The summed E-state index contributed by atoms with van der Waals surface area (Å²) in [5, 5.41) is 6.34. The number of anilines is 1. The van der Waals surface area contributed by atoms with Crippen LogP contribution in [0.1, 0.15) is 0 Å². The molecule has 3 heterocycles. The number of hydrogen-bond donors (Lipinski definition) is 2. The molecule has 0 aliphatic carbocycles. The number of hydrogen-bond acceptors (Lipinski definition) is 7. The smallest absolute Gasteiger partial charge is 0.320 e. The standard InChI is InChI=1S/C21H16Cl2N6O2S/c1-24-20(30)29-21-26-10-17(32-21)15-9-16(18-12(22)7-11(31-2)8-13(18)23)28-19(27-15)14-5-3-4-6-25-14/h3-10H,1-2H3,(H2,24,26,29,30). The van der Waals surface area contributed by atoms with Crippen LogP contribution in [0.4, 0.5) is 9.93 Å². The fourth-order valence-electron chi connectivity index (χ4n) is 2.83. The van der Waals surface area contributed by atoms with Crippen LogP contribution in [-0.4, -0.2) is 40.1 Å². The molecule has 0 aliphatic heterocycles. The first-order chi connectivity index (χ1) is 15.5. The first-order valence-corrected chi connectivity index (χ1v) is 10.8. The van der Waals surface area contributed by atoms with Gasteiger partial charge in [0, 0.05) is 25.0 Å². The summed E-state index contributed by atoms with van der Waals surface area (Å²) in [5.41, 5.74) is 2.23. The number of urea groups is 1. The van der Waals surface area contributed by atoms with Crippen LogP contribution < -0.4 is 15.4 Å². The van der Waals surface area contributed by atoms with E-state index in [0.29, 0.717) is 49.4 Å². The topological polar surface area (TPSA) is 102 Å². The molecular weight excluding hydrogens is 471 g/mol. The van der Waals surface area contributed by atoms with E-state index in [1.165, 1.54) is 25.5 Å². The van der Waals surface area contributed by atoms with E-state index < -0.39 is 0 Å². The highest BCUT2D eigenvalue weighted by Crippen LogP contribution is 2.39. The molecule has 1 aromatic carbocycles. The molecule has 4 aromatic rings. The van der Waals surface area contributed by atoms with E-state index in [4.69, 9.17) is 27.9 Å². The Hall–Kier alpha value is -3.27. The van der Waals surface area contributed by atoms with E-state index in [-0.39, 0.29) is 6.03 Å². The number of benzene rings is 1. The van der Waals surface area contributed by atoms with Gasteiger partial charge in [-0.2, -0.15) is 0 Å². The maximum atomic E-state index is 11.6.